The first-order valence-corrected chi connectivity index (χ1v) is 11.6. The molecule has 1 amide bonds. The highest BCUT2D eigenvalue weighted by Crippen LogP contribution is 2.24. The van der Waals surface area contributed by atoms with Crippen LogP contribution in [0.3, 0.4) is 0 Å². The Morgan fingerprint density at radius 1 is 1.16 bits per heavy atom. The van der Waals surface area contributed by atoms with Gasteiger partial charge in [0.15, 0.2) is 11.0 Å². The highest BCUT2D eigenvalue weighted by molar-refractivity contribution is 7.99. The van der Waals surface area contributed by atoms with Gasteiger partial charge < -0.3 is 14.2 Å². The summed E-state index contributed by atoms with van der Waals surface area (Å²) in [4.78, 5) is 14.8. The van der Waals surface area contributed by atoms with Crippen LogP contribution in [-0.4, -0.2) is 37.9 Å². The van der Waals surface area contributed by atoms with Crippen molar-refractivity contribution in [3.05, 3.63) is 70.5 Å². The van der Waals surface area contributed by atoms with Crippen LogP contribution in [0, 0.1) is 6.92 Å². The number of benzene rings is 2. The summed E-state index contributed by atoms with van der Waals surface area (Å²) in [5, 5.41) is 9.64. The van der Waals surface area contributed by atoms with Crippen LogP contribution in [0.2, 0.25) is 5.02 Å². The molecule has 0 radical (unpaired) electrons. The Morgan fingerprint density at radius 2 is 1.90 bits per heavy atom. The van der Waals surface area contributed by atoms with Gasteiger partial charge in [-0.05, 0) is 31.0 Å². The fourth-order valence-electron chi connectivity index (χ4n) is 2.99. The number of nitrogens with zero attached hydrogens (tertiary/aromatic N) is 4. The number of carbonyl (C=O) groups excluding carboxylic acids is 1. The minimum Gasteiger partial charge on any atom is -0.484 e. The molecule has 0 bridgehead atoms. The van der Waals surface area contributed by atoms with E-state index < -0.39 is 0 Å². The van der Waals surface area contributed by atoms with Crippen LogP contribution in [0.5, 0.6) is 5.75 Å². The standard InChI is InChI=1S/C23H27ClN4O2S/c1-4-13-28(14-18-11-9-17(2)10-12-18)22(29)16-31-23-26-25-21(27(23)3)15-30-20-8-6-5-7-19(20)24/h5-12H,4,13-16H2,1-3H3. The lowest BCUT2D eigenvalue weighted by Crippen LogP contribution is -2.32. The summed E-state index contributed by atoms with van der Waals surface area (Å²) in [7, 11) is 1.87. The van der Waals surface area contributed by atoms with Gasteiger partial charge in [0.25, 0.3) is 0 Å². The molecule has 0 aliphatic rings. The normalized spacial score (nSPS) is 10.8. The first kappa shape index (κ1) is 23.2. The van der Waals surface area contributed by atoms with Crippen molar-refractivity contribution in [2.45, 2.75) is 38.6 Å². The zero-order valence-electron chi connectivity index (χ0n) is 18.0. The van der Waals surface area contributed by atoms with Crippen LogP contribution in [0.25, 0.3) is 0 Å². The lowest BCUT2D eigenvalue weighted by Gasteiger charge is -2.22. The fraction of sp³-hybridized carbons (Fsp3) is 0.348. The highest BCUT2D eigenvalue weighted by Gasteiger charge is 2.17. The van der Waals surface area contributed by atoms with Crippen molar-refractivity contribution >= 4 is 29.3 Å². The third kappa shape index (κ3) is 6.48. The number of ether oxygens (including phenoxy) is 1. The predicted octanol–water partition coefficient (Wildman–Crippen LogP) is 4.89. The summed E-state index contributed by atoms with van der Waals surface area (Å²) in [6, 6.07) is 15.6. The van der Waals surface area contributed by atoms with E-state index in [0.717, 1.165) is 18.5 Å². The number of thioether (sulfide) groups is 1. The van der Waals surface area contributed by atoms with Gasteiger partial charge in [-0.2, -0.15) is 0 Å². The Kier molecular flexibility index (Phi) is 8.37. The number of hydrogen-bond acceptors (Lipinski definition) is 5. The van der Waals surface area contributed by atoms with Gasteiger partial charge in [-0.1, -0.05) is 72.2 Å². The lowest BCUT2D eigenvalue weighted by atomic mass is 10.1. The van der Waals surface area contributed by atoms with E-state index >= 15 is 0 Å². The minimum absolute atomic E-state index is 0.0873. The molecule has 0 aliphatic heterocycles. The van der Waals surface area contributed by atoms with Gasteiger partial charge in [-0.3, -0.25) is 4.79 Å². The maximum absolute atomic E-state index is 12.9. The van der Waals surface area contributed by atoms with E-state index in [1.807, 2.05) is 34.7 Å². The Hall–Kier alpha value is -2.51. The monoisotopic (exact) mass is 458 g/mol. The van der Waals surface area contributed by atoms with Gasteiger partial charge in [0, 0.05) is 20.1 Å². The van der Waals surface area contributed by atoms with Crippen LogP contribution in [-0.2, 0) is 25.0 Å². The van der Waals surface area contributed by atoms with Crippen molar-refractivity contribution in [3.8, 4) is 5.75 Å². The molecule has 31 heavy (non-hydrogen) atoms. The summed E-state index contributed by atoms with van der Waals surface area (Å²) < 4.78 is 7.59. The van der Waals surface area contributed by atoms with E-state index in [0.29, 0.717) is 34.1 Å². The number of para-hydroxylation sites is 1. The second kappa shape index (κ2) is 11.2. The topological polar surface area (TPSA) is 60.3 Å². The van der Waals surface area contributed by atoms with E-state index in [4.69, 9.17) is 16.3 Å². The quantitative estimate of drug-likeness (QED) is 0.405. The maximum Gasteiger partial charge on any atom is 0.233 e. The molecule has 0 spiro atoms. The van der Waals surface area contributed by atoms with E-state index in [9.17, 15) is 4.79 Å². The van der Waals surface area contributed by atoms with Crippen molar-refractivity contribution < 1.29 is 9.53 Å². The molecule has 6 nitrogen and oxygen atoms in total. The first-order valence-electron chi connectivity index (χ1n) is 10.2. The van der Waals surface area contributed by atoms with E-state index in [1.54, 1.807) is 6.07 Å². The lowest BCUT2D eigenvalue weighted by molar-refractivity contribution is -0.129. The first-order chi connectivity index (χ1) is 15.0. The van der Waals surface area contributed by atoms with E-state index in [2.05, 4.69) is 48.3 Å². The fourth-order valence-corrected chi connectivity index (χ4v) is 4.02. The summed E-state index contributed by atoms with van der Waals surface area (Å²) in [6.07, 6.45) is 0.912. The molecule has 0 fully saturated rings. The molecule has 8 heteroatoms. The zero-order valence-corrected chi connectivity index (χ0v) is 19.6. The van der Waals surface area contributed by atoms with Gasteiger partial charge >= 0.3 is 0 Å². The Morgan fingerprint density at radius 3 is 2.61 bits per heavy atom. The SMILES string of the molecule is CCCN(Cc1ccc(C)cc1)C(=O)CSc1nnc(COc2ccccc2Cl)n1C. The van der Waals surface area contributed by atoms with Crippen LogP contribution in [0.15, 0.2) is 53.7 Å². The molecular weight excluding hydrogens is 432 g/mol. The minimum atomic E-state index is 0.0873. The number of rotatable bonds is 10. The Balaban J connectivity index is 1.57. The molecule has 0 saturated heterocycles. The molecular formula is C23H27ClN4O2S. The number of aryl methyl sites for hydroxylation is 1. The van der Waals surface area contributed by atoms with Gasteiger partial charge in [0.1, 0.15) is 12.4 Å². The van der Waals surface area contributed by atoms with Crippen LogP contribution in [0.1, 0.15) is 30.3 Å². The second-order valence-corrected chi connectivity index (χ2v) is 8.62. The van der Waals surface area contributed by atoms with E-state index in [-0.39, 0.29) is 12.5 Å². The summed E-state index contributed by atoms with van der Waals surface area (Å²) in [6.45, 7) is 5.73. The van der Waals surface area contributed by atoms with Gasteiger partial charge in [-0.25, -0.2) is 0 Å². The number of aromatic nitrogens is 3. The van der Waals surface area contributed by atoms with Crippen molar-refractivity contribution in [1.29, 1.82) is 0 Å². The van der Waals surface area contributed by atoms with Gasteiger partial charge in [-0.15, -0.1) is 10.2 Å². The molecule has 1 heterocycles. The average molecular weight is 459 g/mol. The molecule has 164 valence electrons. The molecule has 0 atom stereocenters. The van der Waals surface area contributed by atoms with Gasteiger partial charge in [0.2, 0.25) is 5.91 Å². The second-order valence-electron chi connectivity index (χ2n) is 7.27. The molecule has 1 aromatic heterocycles. The third-order valence-electron chi connectivity index (χ3n) is 4.78. The van der Waals surface area contributed by atoms with Crippen molar-refractivity contribution in [3.63, 3.8) is 0 Å². The number of halogens is 1. The number of amides is 1. The Bertz CT molecular complexity index is 1010. The van der Waals surface area contributed by atoms with Crippen molar-refractivity contribution in [2.24, 2.45) is 7.05 Å². The predicted molar refractivity (Wildman–Crippen MR) is 124 cm³/mol. The summed E-state index contributed by atoms with van der Waals surface area (Å²) in [5.41, 5.74) is 2.35. The molecule has 0 saturated carbocycles. The Labute approximate surface area is 192 Å². The molecule has 0 unspecified atom stereocenters. The summed E-state index contributed by atoms with van der Waals surface area (Å²) in [5.74, 6) is 1.66. The highest BCUT2D eigenvalue weighted by atomic mass is 35.5. The number of hydrogen-bond donors (Lipinski definition) is 0. The molecule has 3 rings (SSSR count). The zero-order chi connectivity index (χ0) is 22.2. The number of carbonyl (C=O) groups is 1. The average Bonchev–Trinajstić information content (AvgIpc) is 3.12. The van der Waals surface area contributed by atoms with Crippen molar-refractivity contribution in [1.82, 2.24) is 19.7 Å². The molecule has 3 aromatic rings. The maximum atomic E-state index is 12.9. The third-order valence-corrected chi connectivity index (χ3v) is 6.10. The molecule has 2 aromatic carbocycles. The summed E-state index contributed by atoms with van der Waals surface area (Å²) >= 11 is 7.51. The van der Waals surface area contributed by atoms with Crippen LogP contribution >= 0.6 is 23.4 Å². The van der Waals surface area contributed by atoms with Gasteiger partial charge in [0.05, 0.1) is 10.8 Å². The smallest absolute Gasteiger partial charge is 0.233 e. The molecule has 0 aliphatic carbocycles. The van der Waals surface area contributed by atoms with Crippen LogP contribution < -0.4 is 4.74 Å². The molecule has 0 N–H and O–H groups in total. The van der Waals surface area contributed by atoms with Crippen molar-refractivity contribution in [2.75, 3.05) is 12.3 Å². The van der Waals surface area contributed by atoms with E-state index in [1.165, 1.54) is 17.3 Å². The largest absolute Gasteiger partial charge is 0.484 e. The van der Waals surface area contributed by atoms with Crippen LogP contribution in [0.4, 0.5) is 0 Å².